The van der Waals surface area contributed by atoms with Crippen molar-refractivity contribution < 1.29 is 22.7 Å². The lowest BCUT2D eigenvalue weighted by molar-refractivity contribution is -0.160. The fourth-order valence-electron chi connectivity index (χ4n) is 0.849. The van der Waals surface area contributed by atoms with Crippen molar-refractivity contribution in [3.8, 4) is 0 Å². The molecule has 0 atom stereocenters. The van der Waals surface area contributed by atoms with Crippen LogP contribution in [0.5, 0.6) is 0 Å². The third-order valence-corrected chi connectivity index (χ3v) is 3.61. The highest BCUT2D eigenvalue weighted by Gasteiger charge is 2.29. The maximum atomic E-state index is 11.7. The van der Waals surface area contributed by atoms with Crippen molar-refractivity contribution in [3.05, 3.63) is 17.5 Å². The summed E-state index contributed by atoms with van der Waals surface area (Å²) in [5, 5.41) is 4.16. The van der Waals surface area contributed by atoms with E-state index in [0.717, 1.165) is 4.21 Å². The van der Waals surface area contributed by atoms with E-state index in [1.807, 2.05) is 17.5 Å². The summed E-state index contributed by atoms with van der Waals surface area (Å²) in [7, 11) is 0. The molecular weight excluding hydrogens is 275 g/mol. The molecule has 3 nitrogen and oxygen atoms in total. The zero-order valence-corrected chi connectivity index (χ0v) is 10.3. The average Bonchev–Trinajstić information content (AvgIpc) is 2.73. The van der Waals surface area contributed by atoms with Crippen LogP contribution >= 0.6 is 23.1 Å². The van der Waals surface area contributed by atoms with Crippen LogP contribution in [0.15, 0.2) is 21.7 Å². The van der Waals surface area contributed by atoms with Gasteiger partial charge < -0.3 is 10.1 Å². The maximum absolute atomic E-state index is 11.7. The van der Waals surface area contributed by atoms with E-state index in [4.69, 9.17) is 0 Å². The number of carbonyl (C=O) groups is 1. The van der Waals surface area contributed by atoms with Crippen LogP contribution in [-0.2, 0) is 4.74 Å². The van der Waals surface area contributed by atoms with Crippen molar-refractivity contribution in [2.75, 3.05) is 18.9 Å². The van der Waals surface area contributed by atoms with Crippen LogP contribution in [-0.4, -0.2) is 31.2 Å². The van der Waals surface area contributed by atoms with Gasteiger partial charge in [0.1, 0.15) is 0 Å². The minimum absolute atomic E-state index is 0.263. The summed E-state index contributed by atoms with van der Waals surface area (Å²) in [6.07, 6.45) is -5.53. The lowest BCUT2D eigenvalue weighted by Gasteiger charge is -2.08. The number of thiophene rings is 1. The smallest absolute Gasteiger partial charge is 0.422 e. The van der Waals surface area contributed by atoms with Crippen LogP contribution in [0.2, 0.25) is 0 Å². The normalized spacial score (nSPS) is 11.2. The molecule has 0 unspecified atom stereocenters. The third-order valence-electron chi connectivity index (χ3n) is 1.48. The Morgan fingerprint density at radius 1 is 1.53 bits per heavy atom. The molecule has 0 saturated carbocycles. The van der Waals surface area contributed by atoms with Gasteiger partial charge in [-0.1, -0.05) is 6.07 Å². The Kier molecular flexibility index (Phi) is 5.63. The number of amides is 1. The molecule has 1 heterocycles. The quantitative estimate of drug-likeness (QED) is 0.667. The van der Waals surface area contributed by atoms with Gasteiger partial charge in [0.25, 0.3) is 0 Å². The van der Waals surface area contributed by atoms with E-state index in [1.165, 1.54) is 11.8 Å². The molecule has 0 radical (unpaired) electrons. The Morgan fingerprint density at radius 2 is 2.29 bits per heavy atom. The van der Waals surface area contributed by atoms with Gasteiger partial charge in [0.15, 0.2) is 6.61 Å². The molecular formula is C9H10F3NO2S2. The lowest BCUT2D eigenvalue weighted by Crippen LogP contribution is -2.30. The SMILES string of the molecule is O=C(NCCSc1cccs1)OCC(F)(F)F. The molecule has 1 amide bonds. The number of hydrogen-bond acceptors (Lipinski definition) is 4. The number of halogens is 3. The van der Waals surface area contributed by atoms with Gasteiger partial charge in [-0.3, -0.25) is 0 Å². The number of rotatable bonds is 5. The summed E-state index contributed by atoms with van der Waals surface area (Å²) in [6.45, 7) is -1.30. The minimum atomic E-state index is -4.48. The zero-order chi connectivity index (χ0) is 12.7. The van der Waals surface area contributed by atoms with Crippen molar-refractivity contribution in [2.45, 2.75) is 10.4 Å². The summed E-state index contributed by atoms with van der Waals surface area (Å²) in [5.41, 5.74) is 0. The molecule has 1 rings (SSSR count). The standard InChI is InChI=1S/C9H10F3NO2S2/c10-9(11,12)6-15-8(14)13-3-5-17-7-2-1-4-16-7/h1-2,4H,3,5-6H2,(H,13,14). The average molecular weight is 285 g/mol. The first kappa shape index (κ1) is 14.2. The van der Waals surface area contributed by atoms with E-state index in [1.54, 1.807) is 11.3 Å². The molecule has 0 aliphatic rings. The van der Waals surface area contributed by atoms with Gasteiger partial charge in [-0.15, -0.1) is 23.1 Å². The molecule has 0 aliphatic heterocycles. The first-order valence-corrected chi connectivity index (χ1v) is 6.47. The van der Waals surface area contributed by atoms with Crippen LogP contribution in [0.25, 0.3) is 0 Å². The molecule has 17 heavy (non-hydrogen) atoms. The Labute approximate surface area is 104 Å². The second-order valence-electron chi connectivity index (χ2n) is 2.90. The molecule has 1 N–H and O–H groups in total. The lowest BCUT2D eigenvalue weighted by atomic mass is 10.7. The van der Waals surface area contributed by atoms with E-state index in [2.05, 4.69) is 10.1 Å². The van der Waals surface area contributed by atoms with Gasteiger partial charge in [0, 0.05) is 12.3 Å². The third kappa shape index (κ3) is 7.11. The van der Waals surface area contributed by atoms with Gasteiger partial charge in [-0.25, -0.2) is 4.79 Å². The van der Waals surface area contributed by atoms with Crippen molar-refractivity contribution in [2.24, 2.45) is 0 Å². The number of ether oxygens (including phenoxy) is 1. The summed E-state index contributed by atoms with van der Waals surface area (Å²) < 4.78 is 40.1. The first-order chi connectivity index (χ1) is 7.97. The van der Waals surface area contributed by atoms with Crippen molar-refractivity contribution in [3.63, 3.8) is 0 Å². The van der Waals surface area contributed by atoms with Crippen molar-refractivity contribution in [1.82, 2.24) is 5.32 Å². The van der Waals surface area contributed by atoms with Gasteiger partial charge >= 0.3 is 12.3 Å². The molecule has 1 aromatic rings. The number of alkyl halides is 3. The number of nitrogens with one attached hydrogen (secondary N) is 1. The molecule has 8 heteroatoms. The minimum Gasteiger partial charge on any atom is -0.440 e. The predicted octanol–water partition coefficient (Wildman–Crippen LogP) is 3.13. The van der Waals surface area contributed by atoms with Crippen LogP contribution in [0.1, 0.15) is 0 Å². The number of hydrogen-bond donors (Lipinski definition) is 1. The van der Waals surface area contributed by atoms with Crippen LogP contribution in [0.4, 0.5) is 18.0 Å². The van der Waals surface area contributed by atoms with Crippen LogP contribution in [0.3, 0.4) is 0 Å². The van der Waals surface area contributed by atoms with E-state index in [0.29, 0.717) is 5.75 Å². The van der Waals surface area contributed by atoms with Crippen LogP contribution in [0, 0.1) is 0 Å². The van der Waals surface area contributed by atoms with E-state index in [-0.39, 0.29) is 6.54 Å². The monoisotopic (exact) mass is 285 g/mol. The summed E-state index contributed by atoms with van der Waals surface area (Å²) >= 11 is 3.08. The molecule has 0 spiro atoms. The molecule has 96 valence electrons. The van der Waals surface area contributed by atoms with Gasteiger partial charge in [-0.05, 0) is 11.4 Å². The second-order valence-corrected chi connectivity index (χ2v) is 5.24. The molecule has 0 aromatic carbocycles. The van der Waals surface area contributed by atoms with Gasteiger partial charge in [-0.2, -0.15) is 13.2 Å². The molecule has 0 saturated heterocycles. The number of thioether (sulfide) groups is 1. The Morgan fingerprint density at radius 3 is 2.88 bits per heavy atom. The molecule has 0 aliphatic carbocycles. The topological polar surface area (TPSA) is 38.3 Å². The number of carbonyl (C=O) groups excluding carboxylic acids is 1. The Balaban J connectivity index is 2.04. The summed E-state index contributed by atoms with van der Waals surface area (Å²) in [5.74, 6) is 0.585. The highest BCUT2D eigenvalue weighted by Crippen LogP contribution is 2.22. The van der Waals surface area contributed by atoms with E-state index < -0.39 is 18.9 Å². The van der Waals surface area contributed by atoms with Gasteiger partial charge in [0.05, 0.1) is 4.21 Å². The molecule has 0 fully saturated rings. The first-order valence-electron chi connectivity index (χ1n) is 4.61. The van der Waals surface area contributed by atoms with E-state index >= 15 is 0 Å². The van der Waals surface area contributed by atoms with Gasteiger partial charge in [0.2, 0.25) is 0 Å². The summed E-state index contributed by atoms with van der Waals surface area (Å²) in [4.78, 5) is 10.8. The molecule has 1 aromatic heterocycles. The highest BCUT2D eigenvalue weighted by atomic mass is 32.2. The molecule has 0 bridgehead atoms. The summed E-state index contributed by atoms with van der Waals surface area (Å²) in [6, 6.07) is 3.83. The fraction of sp³-hybridized carbons (Fsp3) is 0.444. The maximum Gasteiger partial charge on any atom is 0.422 e. The number of alkyl carbamates (subject to hydrolysis) is 1. The predicted molar refractivity (Wildman–Crippen MR) is 60.4 cm³/mol. The zero-order valence-electron chi connectivity index (χ0n) is 8.62. The second kappa shape index (κ2) is 6.75. The van der Waals surface area contributed by atoms with Crippen LogP contribution < -0.4 is 5.32 Å². The Bertz CT molecular complexity index is 341. The van der Waals surface area contributed by atoms with Crippen molar-refractivity contribution in [1.29, 1.82) is 0 Å². The van der Waals surface area contributed by atoms with E-state index in [9.17, 15) is 18.0 Å². The fourth-order valence-corrected chi connectivity index (χ4v) is 2.57. The highest BCUT2D eigenvalue weighted by molar-refractivity contribution is 8.01. The van der Waals surface area contributed by atoms with Crippen molar-refractivity contribution >= 4 is 29.2 Å². The largest absolute Gasteiger partial charge is 0.440 e. The Hall–Kier alpha value is -0.890.